The molecule has 9 nitrogen and oxygen atoms in total. The van der Waals surface area contributed by atoms with Gasteiger partial charge in [0.25, 0.3) is 11.8 Å². The number of carbonyl (C=O) groups is 4. The van der Waals surface area contributed by atoms with Crippen molar-refractivity contribution in [2.75, 3.05) is 13.7 Å². The Balaban J connectivity index is 2.09. The highest BCUT2D eigenvalue weighted by molar-refractivity contribution is 6.20. The normalized spacial score (nSPS) is 14.6. The number of ether oxygens (including phenoxy) is 2. The van der Waals surface area contributed by atoms with E-state index in [1.54, 1.807) is 32.9 Å². The summed E-state index contributed by atoms with van der Waals surface area (Å²) < 4.78 is 10.0. The first kappa shape index (κ1) is 20.4. The van der Waals surface area contributed by atoms with Crippen molar-refractivity contribution in [1.29, 1.82) is 0 Å². The molecule has 1 aromatic rings. The highest BCUT2D eigenvalue weighted by atomic mass is 16.7. The highest BCUT2D eigenvalue weighted by Crippen LogP contribution is 2.23. The van der Waals surface area contributed by atoms with Crippen LogP contribution in [0.3, 0.4) is 0 Å². The van der Waals surface area contributed by atoms with Crippen molar-refractivity contribution < 1.29 is 33.5 Å². The van der Waals surface area contributed by atoms with Crippen LogP contribution in [0, 0.1) is 0 Å². The summed E-state index contributed by atoms with van der Waals surface area (Å²) >= 11 is 0. The van der Waals surface area contributed by atoms with Gasteiger partial charge in [-0.1, -0.05) is 17.2 Å². The van der Waals surface area contributed by atoms with Gasteiger partial charge in [0, 0.05) is 20.1 Å². The van der Waals surface area contributed by atoms with Crippen LogP contribution in [0.5, 0.6) is 0 Å². The summed E-state index contributed by atoms with van der Waals surface area (Å²) in [6.07, 6.45) is -0.763. The molecule has 1 heterocycles. The van der Waals surface area contributed by atoms with Gasteiger partial charge < -0.3 is 19.6 Å². The number of imide groups is 1. The molecule has 3 amide bonds. The maximum Gasteiger partial charge on any atom is 0.408 e. The van der Waals surface area contributed by atoms with Crippen molar-refractivity contribution in [2.24, 2.45) is 0 Å². The van der Waals surface area contributed by atoms with E-state index >= 15 is 0 Å². The highest BCUT2D eigenvalue weighted by Gasteiger charge is 2.40. The molecule has 0 aromatic heterocycles. The van der Waals surface area contributed by atoms with E-state index in [0.29, 0.717) is 5.06 Å². The number of alkyl carbamates (subject to hydrolysis) is 1. The molecule has 0 saturated heterocycles. The van der Waals surface area contributed by atoms with Gasteiger partial charge in [-0.2, -0.15) is 0 Å². The number of carbonyl (C=O) groups excluding carboxylic acids is 4. The third-order valence-corrected chi connectivity index (χ3v) is 3.52. The van der Waals surface area contributed by atoms with Gasteiger partial charge in [0.2, 0.25) is 0 Å². The quantitative estimate of drug-likeness (QED) is 0.750. The molecule has 0 aliphatic carbocycles. The second kappa shape index (κ2) is 8.17. The first-order chi connectivity index (χ1) is 12.6. The lowest BCUT2D eigenvalue weighted by Crippen LogP contribution is -2.47. The number of hydrogen-bond donors (Lipinski definition) is 1. The van der Waals surface area contributed by atoms with Gasteiger partial charge in [-0.3, -0.25) is 9.59 Å². The Hall–Kier alpha value is -2.94. The van der Waals surface area contributed by atoms with E-state index < -0.39 is 35.5 Å². The standard InChI is InChI=1S/C18H22N2O7/c1-18(2,3)26-17(24)19-13(9-10-25-4)16(23)27-20-14(21)11-7-5-6-8-12(11)15(20)22/h5-8,13H,9-10H2,1-4H3,(H,19,24). The number of amides is 3. The minimum absolute atomic E-state index is 0.0672. The van der Waals surface area contributed by atoms with Gasteiger partial charge >= 0.3 is 12.1 Å². The largest absolute Gasteiger partial charge is 0.444 e. The van der Waals surface area contributed by atoms with Crippen molar-refractivity contribution >= 4 is 23.9 Å². The van der Waals surface area contributed by atoms with Gasteiger partial charge in [-0.05, 0) is 32.9 Å². The first-order valence-electron chi connectivity index (χ1n) is 8.32. The molecule has 0 radical (unpaired) electrons. The summed E-state index contributed by atoms with van der Waals surface area (Å²) in [5.41, 5.74) is -0.477. The average molecular weight is 378 g/mol. The summed E-state index contributed by atoms with van der Waals surface area (Å²) in [6.45, 7) is 5.16. The molecule has 2 rings (SSSR count). The molecule has 9 heteroatoms. The molecule has 1 aliphatic heterocycles. The Morgan fingerprint density at radius 1 is 1.11 bits per heavy atom. The van der Waals surface area contributed by atoms with Crippen LogP contribution in [0.1, 0.15) is 47.9 Å². The second-order valence-corrected chi connectivity index (χ2v) is 6.84. The zero-order valence-corrected chi connectivity index (χ0v) is 15.6. The number of rotatable bonds is 6. The van der Waals surface area contributed by atoms with E-state index in [0.717, 1.165) is 0 Å². The van der Waals surface area contributed by atoms with Gasteiger partial charge in [0.1, 0.15) is 11.6 Å². The van der Waals surface area contributed by atoms with Gasteiger partial charge in [-0.15, -0.1) is 0 Å². The van der Waals surface area contributed by atoms with Gasteiger partial charge in [-0.25, -0.2) is 9.59 Å². The molecule has 1 aliphatic rings. The maximum atomic E-state index is 12.5. The van der Waals surface area contributed by atoms with Crippen LogP contribution in [0.15, 0.2) is 24.3 Å². The van der Waals surface area contributed by atoms with Crippen molar-refractivity contribution in [2.45, 2.75) is 38.8 Å². The van der Waals surface area contributed by atoms with Crippen LogP contribution in [0.25, 0.3) is 0 Å². The first-order valence-corrected chi connectivity index (χ1v) is 8.32. The molecule has 0 bridgehead atoms. The summed E-state index contributed by atoms with van der Waals surface area (Å²) in [7, 11) is 1.43. The van der Waals surface area contributed by atoms with Crippen LogP contribution < -0.4 is 5.32 Å². The predicted molar refractivity (Wildman–Crippen MR) is 92.7 cm³/mol. The number of methoxy groups -OCH3 is 1. The summed E-state index contributed by atoms with van der Waals surface area (Å²) in [5.74, 6) is -2.47. The van der Waals surface area contributed by atoms with E-state index in [4.69, 9.17) is 14.3 Å². The topological polar surface area (TPSA) is 111 Å². The summed E-state index contributed by atoms with van der Waals surface area (Å²) in [6, 6.07) is 4.96. The van der Waals surface area contributed by atoms with Crippen LogP contribution in [0.2, 0.25) is 0 Å². The van der Waals surface area contributed by atoms with Crippen molar-refractivity contribution in [1.82, 2.24) is 10.4 Å². The predicted octanol–water partition coefficient (Wildman–Crippen LogP) is 1.67. The minimum atomic E-state index is -1.16. The molecule has 1 N–H and O–H groups in total. The number of hydrogen-bond acceptors (Lipinski definition) is 7. The molecule has 0 fully saturated rings. The number of hydroxylamine groups is 2. The molecule has 27 heavy (non-hydrogen) atoms. The lowest BCUT2D eigenvalue weighted by molar-refractivity contribution is -0.171. The molecule has 1 atom stereocenters. The van der Waals surface area contributed by atoms with E-state index in [1.165, 1.54) is 19.2 Å². The van der Waals surface area contributed by atoms with Crippen LogP contribution in [-0.4, -0.2) is 54.3 Å². The maximum absolute atomic E-state index is 12.5. The lowest BCUT2D eigenvalue weighted by Gasteiger charge is -2.23. The number of nitrogens with one attached hydrogen (secondary N) is 1. The number of nitrogens with zero attached hydrogens (tertiary/aromatic N) is 1. The monoisotopic (exact) mass is 378 g/mol. The molecule has 1 aromatic carbocycles. The van der Waals surface area contributed by atoms with E-state index in [2.05, 4.69) is 5.32 Å². The third kappa shape index (κ3) is 5.04. The summed E-state index contributed by atoms with van der Waals surface area (Å²) in [4.78, 5) is 53.9. The van der Waals surface area contributed by atoms with Crippen molar-refractivity contribution in [3.8, 4) is 0 Å². The molecule has 146 valence electrons. The Kier molecular flexibility index (Phi) is 6.17. The molecule has 0 saturated carbocycles. The Morgan fingerprint density at radius 2 is 1.67 bits per heavy atom. The van der Waals surface area contributed by atoms with Crippen molar-refractivity contribution in [3.05, 3.63) is 35.4 Å². The summed E-state index contributed by atoms with van der Waals surface area (Å²) in [5, 5.41) is 2.76. The number of fused-ring (bicyclic) bond motifs is 1. The fourth-order valence-electron chi connectivity index (χ4n) is 2.34. The zero-order valence-electron chi connectivity index (χ0n) is 15.6. The van der Waals surface area contributed by atoms with Crippen LogP contribution in [-0.2, 0) is 19.1 Å². The Labute approximate surface area is 156 Å². The fourth-order valence-corrected chi connectivity index (χ4v) is 2.34. The molecule has 1 unspecified atom stereocenters. The van der Waals surface area contributed by atoms with E-state index in [9.17, 15) is 19.2 Å². The average Bonchev–Trinajstić information content (AvgIpc) is 2.82. The number of benzene rings is 1. The second-order valence-electron chi connectivity index (χ2n) is 6.84. The minimum Gasteiger partial charge on any atom is -0.444 e. The van der Waals surface area contributed by atoms with Crippen molar-refractivity contribution in [3.63, 3.8) is 0 Å². The SMILES string of the molecule is COCCC(NC(=O)OC(C)(C)C)C(=O)ON1C(=O)c2ccccc2C1=O. The third-order valence-electron chi connectivity index (χ3n) is 3.52. The van der Waals surface area contributed by atoms with Gasteiger partial charge in [0.15, 0.2) is 0 Å². The molecule has 0 spiro atoms. The zero-order chi connectivity index (χ0) is 20.2. The van der Waals surface area contributed by atoms with Crippen LogP contribution >= 0.6 is 0 Å². The van der Waals surface area contributed by atoms with Gasteiger partial charge in [0.05, 0.1) is 11.1 Å². The smallest absolute Gasteiger partial charge is 0.408 e. The van der Waals surface area contributed by atoms with E-state index in [-0.39, 0.29) is 24.2 Å². The molecular formula is C18H22N2O7. The van der Waals surface area contributed by atoms with E-state index in [1.807, 2.05) is 0 Å². The fraction of sp³-hybridized carbons (Fsp3) is 0.444. The molecular weight excluding hydrogens is 356 g/mol. The Morgan fingerprint density at radius 3 is 2.15 bits per heavy atom. The Bertz CT molecular complexity index is 719. The van der Waals surface area contributed by atoms with Crippen LogP contribution in [0.4, 0.5) is 4.79 Å². The lowest BCUT2D eigenvalue weighted by atomic mass is 10.1.